The summed E-state index contributed by atoms with van der Waals surface area (Å²) in [5, 5.41) is 3.08. The lowest BCUT2D eigenvalue weighted by Gasteiger charge is -2.02. The molecule has 7 nitrogen and oxygen atoms in total. The molecular formula is C15H17N3O4S. The third kappa shape index (κ3) is 5.10. The lowest BCUT2D eigenvalue weighted by atomic mass is 10.4. The summed E-state index contributed by atoms with van der Waals surface area (Å²) in [4.78, 5) is 31.4. The van der Waals surface area contributed by atoms with Crippen LogP contribution in [-0.2, 0) is 15.3 Å². The summed E-state index contributed by atoms with van der Waals surface area (Å²) in [7, 11) is 1.26. The fraction of sp³-hybridized carbons (Fsp3) is 0.333. The van der Waals surface area contributed by atoms with E-state index in [1.807, 2.05) is 19.9 Å². The van der Waals surface area contributed by atoms with Crippen LogP contribution in [0.25, 0.3) is 0 Å². The fourth-order valence-electron chi connectivity index (χ4n) is 1.78. The molecule has 122 valence electrons. The van der Waals surface area contributed by atoms with E-state index in [4.69, 9.17) is 4.42 Å². The Morgan fingerprint density at radius 2 is 1.96 bits per heavy atom. The molecule has 0 aromatic carbocycles. The van der Waals surface area contributed by atoms with E-state index in [1.54, 1.807) is 12.1 Å². The van der Waals surface area contributed by atoms with Crippen molar-refractivity contribution < 1.29 is 18.7 Å². The summed E-state index contributed by atoms with van der Waals surface area (Å²) in [5.41, 5.74) is 1.81. The molecule has 0 aliphatic heterocycles. The molecule has 0 saturated carbocycles. The average Bonchev–Trinajstić information content (AvgIpc) is 2.98. The molecule has 0 aliphatic carbocycles. The van der Waals surface area contributed by atoms with Crippen molar-refractivity contribution in [2.75, 3.05) is 13.7 Å². The molecule has 2 aromatic rings. The Kier molecular flexibility index (Phi) is 5.75. The van der Waals surface area contributed by atoms with Crippen LogP contribution in [-0.4, -0.2) is 35.5 Å². The average molecular weight is 335 g/mol. The second-order valence-corrected chi connectivity index (χ2v) is 5.69. The van der Waals surface area contributed by atoms with E-state index in [9.17, 15) is 9.59 Å². The van der Waals surface area contributed by atoms with Gasteiger partial charge < -0.3 is 14.5 Å². The van der Waals surface area contributed by atoms with Crippen molar-refractivity contribution in [3.8, 4) is 0 Å². The normalized spacial score (nSPS) is 10.4. The van der Waals surface area contributed by atoms with Gasteiger partial charge >= 0.3 is 5.97 Å². The summed E-state index contributed by atoms with van der Waals surface area (Å²) < 4.78 is 9.90. The maximum atomic E-state index is 11.8. The molecule has 23 heavy (non-hydrogen) atoms. The molecule has 8 heteroatoms. The zero-order valence-corrected chi connectivity index (χ0v) is 13.9. The van der Waals surface area contributed by atoms with Gasteiger partial charge in [-0.25, -0.2) is 9.97 Å². The number of amides is 1. The van der Waals surface area contributed by atoms with Crippen LogP contribution in [0.1, 0.15) is 27.7 Å². The number of carbonyl (C=O) groups is 2. The summed E-state index contributed by atoms with van der Waals surface area (Å²) >= 11 is 1.43. The topological polar surface area (TPSA) is 94.3 Å². The summed E-state index contributed by atoms with van der Waals surface area (Å²) in [6, 6.07) is 5.17. The Morgan fingerprint density at radius 1 is 1.26 bits per heavy atom. The first-order chi connectivity index (χ1) is 11.0. The van der Waals surface area contributed by atoms with Crippen molar-refractivity contribution in [3.63, 3.8) is 0 Å². The Labute approximate surface area is 137 Å². The molecular weight excluding hydrogens is 318 g/mol. The van der Waals surface area contributed by atoms with Crippen LogP contribution >= 0.6 is 11.8 Å². The van der Waals surface area contributed by atoms with E-state index in [0.717, 1.165) is 11.4 Å². The van der Waals surface area contributed by atoms with Crippen LogP contribution in [0.4, 0.5) is 0 Å². The summed E-state index contributed by atoms with van der Waals surface area (Å²) in [6.45, 7) is 3.63. The third-order valence-corrected chi connectivity index (χ3v) is 3.68. The maximum Gasteiger partial charge on any atom is 0.325 e. The predicted octanol–water partition coefficient (Wildman–Crippen LogP) is 1.88. The van der Waals surface area contributed by atoms with Gasteiger partial charge in [0.25, 0.3) is 5.91 Å². The Balaban J connectivity index is 1.91. The molecule has 0 spiro atoms. The van der Waals surface area contributed by atoms with Crippen LogP contribution in [0.2, 0.25) is 0 Å². The number of rotatable bonds is 6. The largest absolute Gasteiger partial charge is 0.468 e. The number of hydrogen-bond acceptors (Lipinski definition) is 7. The van der Waals surface area contributed by atoms with Crippen LogP contribution < -0.4 is 5.32 Å². The quantitative estimate of drug-likeness (QED) is 0.489. The second-order valence-electron chi connectivity index (χ2n) is 4.75. The Hall–Kier alpha value is -2.35. The number of carbonyl (C=O) groups excluding carboxylic acids is 2. The fourth-order valence-corrected chi connectivity index (χ4v) is 2.63. The van der Waals surface area contributed by atoms with Gasteiger partial charge in [0.2, 0.25) is 0 Å². The highest BCUT2D eigenvalue weighted by Gasteiger charge is 2.13. The number of thioether (sulfide) groups is 1. The lowest BCUT2D eigenvalue weighted by Crippen LogP contribution is -2.29. The van der Waals surface area contributed by atoms with Crippen molar-refractivity contribution in [1.82, 2.24) is 15.3 Å². The number of furan rings is 1. The van der Waals surface area contributed by atoms with Crippen molar-refractivity contribution in [3.05, 3.63) is 41.1 Å². The highest BCUT2D eigenvalue weighted by molar-refractivity contribution is 7.98. The molecule has 0 aliphatic rings. The molecule has 1 N–H and O–H groups in total. The van der Waals surface area contributed by atoms with Crippen molar-refractivity contribution in [1.29, 1.82) is 0 Å². The number of nitrogens with zero attached hydrogens (tertiary/aromatic N) is 2. The first-order valence-electron chi connectivity index (χ1n) is 6.86. The van der Waals surface area contributed by atoms with E-state index >= 15 is 0 Å². The smallest absolute Gasteiger partial charge is 0.325 e. The minimum atomic E-state index is -0.521. The van der Waals surface area contributed by atoms with Gasteiger partial charge in [0, 0.05) is 11.4 Å². The maximum absolute atomic E-state index is 11.8. The number of aryl methyl sites for hydroxylation is 2. The van der Waals surface area contributed by atoms with Crippen molar-refractivity contribution >= 4 is 23.6 Å². The first kappa shape index (κ1) is 17.0. The minimum Gasteiger partial charge on any atom is -0.468 e. The highest BCUT2D eigenvalue weighted by atomic mass is 32.2. The number of esters is 1. The summed E-state index contributed by atoms with van der Waals surface area (Å²) in [5.74, 6) is 0.293. The van der Waals surface area contributed by atoms with Crippen LogP contribution in [0, 0.1) is 13.8 Å². The molecule has 2 heterocycles. The molecule has 0 radical (unpaired) electrons. The van der Waals surface area contributed by atoms with E-state index in [2.05, 4.69) is 20.0 Å². The van der Waals surface area contributed by atoms with E-state index < -0.39 is 11.9 Å². The Morgan fingerprint density at radius 3 is 2.61 bits per heavy atom. The van der Waals surface area contributed by atoms with Gasteiger partial charge in [-0.2, -0.15) is 0 Å². The van der Waals surface area contributed by atoms with Gasteiger partial charge in [-0.3, -0.25) is 9.59 Å². The molecule has 0 unspecified atom stereocenters. The van der Waals surface area contributed by atoms with Gasteiger partial charge in [-0.15, -0.1) is 0 Å². The van der Waals surface area contributed by atoms with Crippen LogP contribution in [0.3, 0.4) is 0 Å². The van der Waals surface area contributed by atoms with Crippen LogP contribution in [0.15, 0.2) is 27.8 Å². The Bertz CT molecular complexity index is 694. The molecule has 0 bridgehead atoms. The highest BCUT2D eigenvalue weighted by Crippen LogP contribution is 2.21. The number of hydrogen-bond donors (Lipinski definition) is 1. The van der Waals surface area contributed by atoms with E-state index in [-0.39, 0.29) is 12.3 Å². The zero-order valence-electron chi connectivity index (χ0n) is 13.1. The van der Waals surface area contributed by atoms with E-state index in [1.165, 1.54) is 18.9 Å². The zero-order chi connectivity index (χ0) is 16.8. The molecule has 1 amide bonds. The minimum absolute atomic E-state index is 0.144. The number of ether oxygens (including phenoxy) is 1. The van der Waals surface area contributed by atoms with Gasteiger partial charge in [0.15, 0.2) is 10.9 Å². The number of methoxy groups -OCH3 is 1. The van der Waals surface area contributed by atoms with Gasteiger partial charge in [0.1, 0.15) is 12.3 Å². The third-order valence-electron chi connectivity index (χ3n) is 2.81. The molecule has 2 aromatic heterocycles. The molecule has 0 saturated heterocycles. The number of nitrogens with one attached hydrogen (secondary N) is 1. The molecule has 0 atom stereocenters. The SMILES string of the molecule is COC(=O)CNC(=O)c1ccc(CSc2nc(C)cc(C)n2)o1. The first-order valence-corrected chi connectivity index (χ1v) is 7.85. The standard InChI is InChI=1S/C15H17N3O4S/c1-9-6-10(2)18-15(17-9)23-8-11-4-5-12(22-11)14(20)16-7-13(19)21-3/h4-6H,7-8H2,1-3H3,(H,16,20). The monoisotopic (exact) mass is 335 g/mol. The van der Waals surface area contributed by atoms with Gasteiger partial charge in [-0.05, 0) is 32.0 Å². The van der Waals surface area contributed by atoms with Crippen molar-refractivity contribution in [2.45, 2.75) is 24.8 Å². The lowest BCUT2D eigenvalue weighted by molar-refractivity contribution is -0.139. The second kappa shape index (κ2) is 7.77. The van der Waals surface area contributed by atoms with Gasteiger partial charge in [0.05, 0.1) is 12.9 Å². The molecule has 2 rings (SSSR count). The molecule has 0 fully saturated rings. The predicted molar refractivity (Wildman–Crippen MR) is 84.1 cm³/mol. The van der Waals surface area contributed by atoms with Crippen molar-refractivity contribution in [2.24, 2.45) is 0 Å². The van der Waals surface area contributed by atoms with Gasteiger partial charge in [-0.1, -0.05) is 11.8 Å². The van der Waals surface area contributed by atoms with E-state index in [0.29, 0.717) is 16.7 Å². The number of aromatic nitrogens is 2. The van der Waals surface area contributed by atoms with Crippen LogP contribution in [0.5, 0.6) is 0 Å². The summed E-state index contributed by atoms with van der Waals surface area (Å²) in [6.07, 6.45) is 0.